The number of nitrogens with one attached hydrogen (secondary N) is 2. The molecule has 0 saturated carbocycles. The predicted octanol–water partition coefficient (Wildman–Crippen LogP) is 2.76. The lowest BCUT2D eigenvalue weighted by Crippen LogP contribution is -2.38. The first kappa shape index (κ1) is 34.7. The van der Waals surface area contributed by atoms with Crippen molar-refractivity contribution in [2.75, 3.05) is 14.2 Å². The fraction of sp³-hybridized carbons (Fsp3) is 0.548. The highest BCUT2D eigenvalue weighted by atomic mass is 16.6. The number of nitrogens with two attached hydrogens (primary N) is 1. The second kappa shape index (κ2) is 15.6. The molecule has 2 amide bonds. The van der Waals surface area contributed by atoms with Gasteiger partial charge in [-0.25, -0.2) is 4.79 Å². The van der Waals surface area contributed by atoms with Crippen LogP contribution in [0.15, 0.2) is 58.5 Å². The highest BCUT2D eigenvalue weighted by Gasteiger charge is 2.33. The lowest BCUT2D eigenvalue weighted by Gasteiger charge is -2.30. The second-order valence-corrected chi connectivity index (χ2v) is 11.2. The van der Waals surface area contributed by atoms with E-state index in [1.807, 2.05) is 27.7 Å². The summed E-state index contributed by atoms with van der Waals surface area (Å²) in [5.74, 6) is -2.05. The summed E-state index contributed by atoms with van der Waals surface area (Å²) < 4.78 is 16.6. The number of hydrogen-bond donors (Lipinski definition) is 4. The van der Waals surface area contributed by atoms with Gasteiger partial charge in [-0.1, -0.05) is 38.2 Å². The van der Waals surface area contributed by atoms with Gasteiger partial charge in [0.1, 0.15) is 6.10 Å². The third kappa shape index (κ3) is 9.23. The van der Waals surface area contributed by atoms with Crippen molar-refractivity contribution in [3.63, 3.8) is 0 Å². The number of ether oxygens (including phenoxy) is 3. The van der Waals surface area contributed by atoms with Gasteiger partial charge in [0.2, 0.25) is 11.6 Å². The summed E-state index contributed by atoms with van der Waals surface area (Å²) in [6.45, 7) is 10.7. The minimum Gasteiger partial charge on any atom is -0.439 e. The molecule has 11 heteroatoms. The van der Waals surface area contributed by atoms with E-state index in [9.17, 15) is 24.3 Å². The normalized spacial score (nSPS) is 31.9. The molecule has 42 heavy (non-hydrogen) atoms. The second-order valence-electron chi connectivity index (χ2n) is 11.2. The summed E-state index contributed by atoms with van der Waals surface area (Å²) in [4.78, 5) is 51.4. The van der Waals surface area contributed by atoms with Crippen molar-refractivity contribution in [1.29, 1.82) is 0 Å². The summed E-state index contributed by atoms with van der Waals surface area (Å²) in [5, 5.41) is 16.9. The fourth-order valence-electron chi connectivity index (χ4n) is 5.03. The Morgan fingerprint density at radius 1 is 1.14 bits per heavy atom. The molecule has 11 nitrogen and oxygen atoms in total. The molecule has 6 atom stereocenters. The molecule has 1 heterocycles. The van der Waals surface area contributed by atoms with Crippen LogP contribution in [0.4, 0.5) is 4.79 Å². The molecule has 1 aliphatic carbocycles. The quantitative estimate of drug-likeness (QED) is 0.279. The third-order valence-corrected chi connectivity index (χ3v) is 7.23. The lowest BCUT2D eigenvalue weighted by atomic mass is 9.85. The Morgan fingerprint density at radius 3 is 2.38 bits per heavy atom. The zero-order valence-electron chi connectivity index (χ0n) is 25.7. The molecule has 2 aliphatic rings. The van der Waals surface area contributed by atoms with Crippen LogP contribution in [-0.2, 0) is 28.6 Å². The molecule has 0 spiro atoms. The van der Waals surface area contributed by atoms with Crippen molar-refractivity contribution in [2.24, 2.45) is 17.6 Å². The van der Waals surface area contributed by atoms with E-state index in [0.717, 1.165) is 6.08 Å². The van der Waals surface area contributed by atoms with Gasteiger partial charge in [-0.2, -0.15) is 0 Å². The molecule has 0 aromatic heterocycles. The number of rotatable bonds is 5. The minimum absolute atomic E-state index is 0.110. The first-order valence-corrected chi connectivity index (χ1v) is 14.0. The predicted molar refractivity (Wildman–Crippen MR) is 158 cm³/mol. The Kier molecular flexibility index (Phi) is 12.9. The van der Waals surface area contributed by atoms with Crippen molar-refractivity contribution in [1.82, 2.24) is 10.6 Å². The maximum absolute atomic E-state index is 13.6. The molecular weight excluding hydrogens is 542 g/mol. The van der Waals surface area contributed by atoms with Crippen LogP contribution in [0.2, 0.25) is 0 Å². The van der Waals surface area contributed by atoms with Crippen LogP contribution >= 0.6 is 0 Å². The van der Waals surface area contributed by atoms with E-state index in [-0.39, 0.29) is 40.9 Å². The molecule has 0 aromatic carbocycles. The molecule has 2 bridgehead atoms. The van der Waals surface area contributed by atoms with Crippen molar-refractivity contribution < 1.29 is 38.5 Å². The van der Waals surface area contributed by atoms with Crippen molar-refractivity contribution in [3.8, 4) is 0 Å². The molecular formula is C31H45N3O8. The van der Waals surface area contributed by atoms with Crippen LogP contribution in [0.1, 0.15) is 54.4 Å². The molecule has 0 radical (unpaired) electrons. The summed E-state index contributed by atoms with van der Waals surface area (Å²) in [7, 11) is 2.93. The number of ketones is 2. The highest BCUT2D eigenvalue weighted by molar-refractivity contribution is 6.23. The van der Waals surface area contributed by atoms with Gasteiger partial charge in [-0.05, 0) is 52.0 Å². The number of primary amides is 1. The number of amides is 2. The molecule has 5 N–H and O–H groups in total. The van der Waals surface area contributed by atoms with Gasteiger partial charge in [0.25, 0.3) is 5.91 Å². The Bertz CT molecular complexity index is 1200. The van der Waals surface area contributed by atoms with Crippen LogP contribution in [0, 0.1) is 11.8 Å². The highest BCUT2D eigenvalue weighted by Crippen LogP contribution is 2.29. The van der Waals surface area contributed by atoms with E-state index in [4.69, 9.17) is 19.9 Å². The van der Waals surface area contributed by atoms with Gasteiger partial charge in [0, 0.05) is 43.4 Å². The summed E-state index contributed by atoms with van der Waals surface area (Å²) in [5.41, 5.74) is 6.54. The summed E-state index contributed by atoms with van der Waals surface area (Å²) in [6.07, 6.45) is 3.89. The smallest absolute Gasteiger partial charge is 0.405 e. The number of methoxy groups -OCH3 is 2. The molecule has 0 unspecified atom stereocenters. The number of aliphatic hydroxyl groups is 1. The average Bonchev–Trinajstić information content (AvgIpc) is 2.91. The van der Waals surface area contributed by atoms with Crippen molar-refractivity contribution >= 4 is 23.6 Å². The molecule has 232 valence electrons. The monoisotopic (exact) mass is 587 g/mol. The van der Waals surface area contributed by atoms with Crippen LogP contribution in [0.3, 0.4) is 0 Å². The minimum atomic E-state index is -0.997. The van der Waals surface area contributed by atoms with E-state index in [0.29, 0.717) is 12.0 Å². The molecule has 0 saturated heterocycles. The third-order valence-electron chi connectivity index (χ3n) is 7.23. The largest absolute Gasteiger partial charge is 0.439 e. The topological polar surface area (TPSA) is 166 Å². The van der Waals surface area contributed by atoms with E-state index >= 15 is 0 Å². The van der Waals surface area contributed by atoms with Gasteiger partial charge in [0.05, 0.1) is 23.6 Å². The maximum Gasteiger partial charge on any atom is 0.405 e. The number of aliphatic hydroxyl groups excluding tert-OH is 1. The number of hydrogen-bond acceptors (Lipinski definition) is 9. The first-order chi connectivity index (χ1) is 19.7. The van der Waals surface area contributed by atoms with Crippen LogP contribution in [0.5, 0.6) is 0 Å². The van der Waals surface area contributed by atoms with Crippen LogP contribution in [-0.4, -0.2) is 73.4 Å². The zero-order chi connectivity index (χ0) is 31.7. The molecule has 1 aliphatic heterocycles. The Labute approximate surface area is 247 Å². The van der Waals surface area contributed by atoms with E-state index in [2.05, 4.69) is 10.6 Å². The van der Waals surface area contributed by atoms with Gasteiger partial charge in [0.15, 0.2) is 6.10 Å². The zero-order valence-corrected chi connectivity index (χ0v) is 25.7. The summed E-state index contributed by atoms with van der Waals surface area (Å²) in [6, 6.07) is -0.110. The Hall–Kier alpha value is -3.54. The first-order valence-electron chi connectivity index (χ1n) is 14.0. The van der Waals surface area contributed by atoms with Crippen molar-refractivity contribution in [3.05, 3.63) is 58.5 Å². The SMILES string of the molecule is CO[C@H]1C[C@H](C)CC2=C(NC(C)C)C(=O)C=C(NC(=O)/C(C)=C\C=C\[C@@H](OC)[C@@H](OC(N)=O)/C(C)=C/[C@H](C)[C@H]1O)C2=O. The van der Waals surface area contributed by atoms with Gasteiger partial charge in [-0.15, -0.1) is 0 Å². The Balaban J connectivity index is 2.63. The van der Waals surface area contributed by atoms with Gasteiger partial charge < -0.3 is 35.7 Å². The maximum atomic E-state index is 13.6. The van der Waals surface area contributed by atoms with E-state index in [1.165, 1.54) is 20.3 Å². The number of fused-ring (bicyclic) bond motifs is 2. The number of allylic oxidation sites excluding steroid dienone is 4. The lowest BCUT2D eigenvalue weighted by molar-refractivity contribution is -0.120. The fourth-order valence-corrected chi connectivity index (χ4v) is 5.03. The summed E-state index contributed by atoms with van der Waals surface area (Å²) >= 11 is 0. The molecule has 0 fully saturated rings. The van der Waals surface area contributed by atoms with E-state index in [1.54, 1.807) is 32.1 Å². The molecule has 2 rings (SSSR count). The number of carbonyl (C=O) groups excluding carboxylic acids is 4. The average molecular weight is 588 g/mol. The molecule has 0 aromatic rings. The van der Waals surface area contributed by atoms with Gasteiger partial charge >= 0.3 is 6.09 Å². The standard InChI is InChI=1S/C31H45N3O8/c1-16(2)33-26-21-12-17(3)13-25(41-8)27(36)19(5)14-20(6)29(42-31(32)39)24(40-7)11-9-10-18(4)30(38)34-22(28(21)37)15-23(26)35/h9-11,14-17,19,24-25,27,29,33,36H,12-13H2,1-8H3,(H2,32,39)(H,34,38)/b11-9+,18-10-,20-14+/t17-,19+,24-,25+,27-,29+/m1/s1. The number of carbonyl (C=O) groups is 4. The van der Waals surface area contributed by atoms with Gasteiger partial charge in [-0.3, -0.25) is 14.4 Å². The number of Topliss-reactive ketones (excluding diaryl/α,β-unsaturated/α-hetero) is 1. The van der Waals surface area contributed by atoms with Crippen LogP contribution < -0.4 is 16.4 Å². The van der Waals surface area contributed by atoms with E-state index < -0.39 is 53.9 Å². The van der Waals surface area contributed by atoms with Crippen LogP contribution in [0.25, 0.3) is 0 Å². The van der Waals surface area contributed by atoms with Crippen molar-refractivity contribution in [2.45, 2.75) is 84.8 Å². The Morgan fingerprint density at radius 2 is 1.81 bits per heavy atom.